The molecular formula is C45H78N6O2. The van der Waals surface area contributed by atoms with Gasteiger partial charge in [-0.25, -0.2) is 0 Å². The van der Waals surface area contributed by atoms with Gasteiger partial charge in [0.25, 0.3) is 5.91 Å². The lowest BCUT2D eigenvalue weighted by atomic mass is 9.75. The molecule has 0 aromatic heterocycles. The van der Waals surface area contributed by atoms with Crippen LogP contribution in [0.1, 0.15) is 160 Å². The van der Waals surface area contributed by atoms with Crippen LogP contribution in [0.15, 0.2) is 45.8 Å². The predicted molar refractivity (Wildman–Crippen MR) is 223 cm³/mol. The molecule has 300 valence electrons. The van der Waals surface area contributed by atoms with Crippen LogP contribution >= 0.6 is 0 Å². The predicted octanol–water partition coefficient (Wildman–Crippen LogP) is 10.1. The molecule has 8 nitrogen and oxygen atoms in total. The van der Waals surface area contributed by atoms with Gasteiger partial charge in [-0.2, -0.15) is 10.5 Å². The van der Waals surface area contributed by atoms with Crippen LogP contribution in [0.2, 0.25) is 0 Å². The van der Waals surface area contributed by atoms with Gasteiger partial charge in [-0.15, -0.1) is 0 Å². The molecule has 0 fully saturated rings. The van der Waals surface area contributed by atoms with Crippen LogP contribution in [0, 0.1) is 45.3 Å². The molecule has 0 heterocycles. The lowest BCUT2D eigenvalue weighted by Crippen LogP contribution is -2.41. The van der Waals surface area contributed by atoms with Crippen molar-refractivity contribution in [1.82, 2.24) is 15.5 Å². The van der Waals surface area contributed by atoms with Crippen LogP contribution in [0.4, 0.5) is 0 Å². The van der Waals surface area contributed by atoms with E-state index in [9.17, 15) is 20.1 Å². The van der Waals surface area contributed by atoms with E-state index in [0.29, 0.717) is 31.6 Å². The molecule has 2 rings (SSSR count). The second-order valence-corrected chi connectivity index (χ2v) is 16.4. The normalized spacial score (nSPS) is 19.4. The minimum Gasteiger partial charge on any atom is -0.384 e. The number of nitriles is 2. The highest BCUT2D eigenvalue weighted by Crippen LogP contribution is 2.41. The summed E-state index contributed by atoms with van der Waals surface area (Å²) in [7, 11) is 0. The number of nitrogens with zero attached hydrogens (tertiary/aromatic N) is 3. The summed E-state index contributed by atoms with van der Waals surface area (Å²) < 4.78 is 0. The fourth-order valence-corrected chi connectivity index (χ4v) is 7.24. The van der Waals surface area contributed by atoms with Crippen molar-refractivity contribution in [3.63, 3.8) is 0 Å². The summed E-state index contributed by atoms with van der Waals surface area (Å²) in [5.74, 6) is 0.937. The first-order valence-corrected chi connectivity index (χ1v) is 20.8. The number of allylic oxidation sites excluding steroid dienone is 7. The van der Waals surface area contributed by atoms with E-state index in [1.807, 2.05) is 26.0 Å². The molecular weight excluding hydrogens is 657 g/mol. The van der Waals surface area contributed by atoms with Crippen molar-refractivity contribution in [3.05, 3.63) is 45.8 Å². The Kier molecular flexibility index (Phi) is 24.7. The zero-order valence-corrected chi connectivity index (χ0v) is 36.0. The Morgan fingerprint density at radius 3 is 1.94 bits per heavy atom. The van der Waals surface area contributed by atoms with Crippen LogP contribution in [0.3, 0.4) is 0 Å². The summed E-state index contributed by atoms with van der Waals surface area (Å²) in [6, 6.07) is 4.36. The third-order valence-electron chi connectivity index (χ3n) is 10.3. The number of unbranched alkanes of at least 4 members (excludes halogenated alkanes) is 2. The molecule has 3 atom stereocenters. The van der Waals surface area contributed by atoms with Crippen molar-refractivity contribution in [2.45, 2.75) is 166 Å². The number of carbonyl (C=O) groups is 2. The largest absolute Gasteiger partial charge is 0.384 e. The standard InChI is InChI=1S/C35H53N5O2.C8H19N.C2H6/c1-9-12-13-26(10-2)22-38-33(42)32(21-37)28-14-30(18-34(5,6)17-28)39-25(4)23-40(11-3)31-15-27(29(20-36)24-41)16-35(7,8)19-31;1-3-5-6-8(4-2)7-9;1-2/h14-15,24-26,39H,9-13,16-19,22-23H2,1-8H3,(H,38,42);8H,3-7,9H2,1-2H3;1-2H3/b29-27-,32-28-;;. The van der Waals surface area contributed by atoms with E-state index in [-0.39, 0.29) is 33.9 Å². The van der Waals surface area contributed by atoms with Crippen LogP contribution in [-0.2, 0) is 9.59 Å². The van der Waals surface area contributed by atoms with Crippen molar-refractivity contribution in [2.24, 2.45) is 28.4 Å². The Morgan fingerprint density at radius 2 is 1.45 bits per heavy atom. The molecule has 2 aliphatic rings. The SMILES string of the molecule is CC.CCCCC(CC)CN.CCCCC(CC)CNC(=O)/C(C#N)=C1/C=C(NC(C)CN(CC)C2=C/C(=C(\C#N)C=O)CC(C)(C)C2)CC(C)(C)C1. The zero-order valence-electron chi connectivity index (χ0n) is 36.0. The molecule has 1 amide bonds. The molecule has 8 heteroatoms. The van der Waals surface area contributed by atoms with Crippen molar-refractivity contribution in [2.75, 3.05) is 26.2 Å². The van der Waals surface area contributed by atoms with Crippen LogP contribution in [-0.4, -0.2) is 49.3 Å². The van der Waals surface area contributed by atoms with Gasteiger partial charge in [-0.3, -0.25) is 9.59 Å². The van der Waals surface area contributed by atoms with Gasteiger partial charge < -0.3 is 21.3 Å². The van der Waals surface area contributed by atoms with E-state index in [4.69, 9.17) is 5.73 Å². The maximum absolute atomic E-state index is 13.1. The first kappa shape index (κ1) is 49.6. The van der Waals surface area contributed by atoms with Crippen molar-refractivity contribution in [3.8, 4) is 12.1 Å². The van der Waals surface area contributed by atoms with E-state index in [1.54, 1.807) is 0 Å². The lowest BCUT2D eigenvalue weighted by molar-refractivity contribution is -0.117. The molecule has 53 heavy (non-hydrogen) atoms. The molecule has 0 bridgehead atoms. The molecule has 3 unspecified atom stereocenters. The van der Waals surface area contributed by atoms with Crippen LogP contribution in [0.5, 0.6) is 0 Å². The third-order valence-corrected chi connectivity index (χ3v) is 10.3. The van der Waals surface area contributed by atoms with Gasteiger partial charge in [-0.1, -0.05) is 108 Å². The number of hydrogen-bond donors (Lipinski definition) is 3. The number of hydrogen-bond acceptors (Lipinski definition) is 7. The summed E-state index contributed by atoms with van der Waals surface area (Å²) in [5, 5.41) is 26.2. The first-order chi connectivity index (χ1) is 25.2. The van der Waals surface area contributed by atoms with E-state index >= 15 is 0 Å². The van der Waals surface area contributed by atoms with E-state index in [1.165, 1.54) is 25.7 Å². The van der Waals surface area contributed by atoms with Gasteiger partial charge in [-0.05, 0) is 105 Å². The summed E-state index contributed by atoms with van der Waals surface area (Å²) in [6.45, 7) is 28.8. The number of aldehydes is 1. The van der Waals surface area contributed by atoms with Crippen LogP contribution < -0.4 is 16.4 Å². The minimum atomic E-state index is -0.274. The molecule has 2 aliphatic carbocycles. The quantitative estimate of drug-likeness (QED) is 0.0683. The highest BCUT2D eigenvalue weighted by atomic mass is 16.1. The Balaban J connectivity index is 0.00000214. The number of nitrogens with one attached hydrogen (secondary N) is 2. The van der Waals surface area contributed by atoms with Crippen molar-refractivity contribution >= 4 is 12.2 Å². The van der Waals surface area contributed by atoms with Crippen LogP contribution in [0.25, 0.3) is 0 Å². The van der Waals surface area contributed by atoms with Crippen molar-refractivity contribution in [1.29, 1.82) is 10.5 Å². The molecule has 0 spiro atoms. The Labute approximate surface area is 325 Å². The summed E-state index contributed by atoms with van der Waals surface area (Å²) in [4.78, 5) is 27.0. The highest BCUT2D eigenvalue weighted by Gasteiger charge is 2.32. The fourth-order valence-electron chi connectivity index (χ4n) is 7.24. The van der Waals surface area contributed by atoms with Gasteiger partial charge in [0.15, 0.2) is 6.29 Å². The number of carbonyl (C=O) groups excluding carboxylic acids is 2. The van der Waals surface area contributed by atoms with Gasteiger partial charge >= 0.3 is 0 Å². The average Bonchev–Trinajstić information content (AvgIpc) is 3.11. The maximum atomic E-state index is 13.1. The molecule has 0 saturated heterocycles. The average molecular weight is 735 g/mol. The lowest BCUT2D eigenvalue weighted by Gasteiger charge is -2.39. The van der Waals surface area contributed by atoms with E-state index < -0.39 is 0 Å². The van der Waals surface area contributed by atoms with E-state index in [2.05, 4.69) is 96.9 Å². The molecule has 0 saturated carbocycles. The summed E-state index contributed by atoms with van der Waals surface area (Å²) >= 11 is 0. The fraction of sp³-hybridized carbons (Fsp3) is 0.733. The number of likely N-dealkylation sites (N-methyl/N-ethyl adjacent to an activating group) is 1. The zero-order chi connectivity index (χ0) is 40.6. The molecule has 4 N–H and O–H groups in total. The number of amides is 1. The molecule has 0 radical (unpaired) electrons. The minimum absolute atomic E-state index is 0.0500. The summed E-state index contributed by atoms with van der Waals surface area (Å²) in [6.07, 6.45) is 17.4. The van der Waals surface area contributed by atoms with E-state index in [0.717, 1.165) is 86.6 Å². The molecule has 0 aromatic carbocycles. The third kappa shape index (κ3) is 18.5. The van der Waals surface area contributed by atoms with Crippen molar-refractivity contribution < 1.29 is 9.59 Å². The Hall–Kier alpha value is -3.36. The Morgan fingerprint density at radius 1 is 0.887 bits per heavy atom. The molecule has 0 aliphatic heterocycles. The number of rotatable bonds is 19. The van der Waals surface area contributed by atoms with Gasteiger partial charge in [0.1, 0.15) is 17.7 Å². The molecule has 0 aromatic rings. The maximum Gasteiger partial charge on any atom is 0.262 e. The summed E-state index contributed by atoms with van der Waals surface area (Å²) in [5.41, 5.74) is 9.57. The van der Waals surface area contributed by atoms with Gasteiger partial charge in [0.2, 0.25) is 0 Å². The van der Waals surface area contributed by atoms with Gasteiger partial charge in [0, 0.05) is 37.1 Å². The first-order valence-electron chi connectivity index (χ1n) is 20.8. The number of nitrogens with two attached hydrogens (primary N) is 1. The highest BCUT2D eigenvalue weighted by molar-refractivity contribution is 5.98. The van der Waals surface area contributed by atoms with Gasteiger partial charge in [0.05, 0.1) is 5.57 Å². The smallest absolute Gasteiger partial charge is 0.262 e. The monoisotopic (exact) mass is 735 g/mol. The topological polar surface area (TPSA) is 135 Å². The second-order valence-electron chi connectivity index (χ2n) is 16.4. The Bertz CT molecular complexity index is 1320. The second kappa shape index (κ2) is 26.4.